The molecular formula is C22H16F6O6S2. The Morgan fingerprint density at radius 3 is 1.28 bits per heavy atom. The van der Waals surface area contributed by atoms with E-state index < -0.39 is 66.4 Å². The summed E-state index contributed by atoms with van der Waals surface area (Å²) in [4.78, 5) is 0. The molecule has 4 atom stereocenters. The van der Waals surface area contributed by atoms with Gasteiger partial charge in [-0.1, -0.05) is 60.8 Å². The van der Waals surface area contributed by atoms with E-state index in [9.17, 15) is 43.2 Å². The minimum atomic E-state index is -6.16. The number of allylic oxidation sites excluding steroid dienone is 16. The Morgan fingerprint density at radius 1 is 0.583 bits per heavy atom. The molecular weight excluding hydrogens is 538 g/mol. The Hall–Kier alpha value is -3.00. The van der Waals surface area contributed by atoms with Crippen LogP contribution in [0.25, 0.3) is 0 Å². The van der Waals surface area contributed by atoms with Crippen LogP contribution in [0.2, 0.25) is 0 Å². The highest BCUT2D eigenvalue weighted by Crippen LogP contribution is 2.51. The van der Waals surface area contributed by atoms with Gasteiger partial charge in [0.2, 0.25) is 0 Å². The van der Waals surface area contributed by atoms with Crippen LogP contribution < -0.4 is 0 Å². The lowest BCUT2D eigenvalue weighted by molar-refractivity contribution is -0.0546. The third kappa shape index (κ3) is 4.71. The van der Waals surface area contributed by atoms with E-state index in [1.807, 2.05) is 0 Å². The van der Waals surface area contributed by atoms with Crippen molar-refractivity contribution in [1.82, 2.24) is 0 Å². The minimum absolute atomic E-state index is 0.490. The highest BCUT2D eigenvalue weighted by molar-refractivity contribution is 7.88. The van der Waals surface area contributed by atoms with E-state index in [1.165, 1.54) is 36.5 Å². The fourth-order valence-corrected chi connectivity index (χ4v) is 5.41. The van der Waals surface area contributed by atoms with Gasteiger partial charge in [0.05, 0.1) is 0 Å². The normalized spacial score (nSPS) is 27.8. The van der Waals surface area contributed by atoms with Crippen LogP contribution in [0, 0.1) is 23.7 Å². The van der Waals surface area contributed by atoms with Crippen molar-refractivity contribution in [2.24, 2.45) is 23.7 Å². The topological polar surface area (TPSA) is 86.7 Å². The zero-order valence-corrected chi connectivity index (χ0v) is 19.4. The molecule has 4 aliphatic carbocycles. The summed E-state index contributed by atoms with van der Waals surface area (Å²) in [5, 5.41) is 0. The van der Waals surface area contributed by atoms with Crippen LogP contribution in [-0.2, 0) is 28.6 Å². The van der Waals surface area contributed by atoms with Gasteiger partial charge < -0.3 is 8.37 Å². The SMILES string of the molecule is O=S(=O)(OC1=CC=C2C=CC=C[C@H]2[C@H]1[C@@H]1C(OS(=O)(=O)C(F)(F)F)=CC=C2C=CC=C[C@@H]21)C(F)(F)F. The number of hydrogen-bond acceptors (Lipinski definition) is 6. The average molecular weight is 554 g/mol. The van der Waals surface area contributed by atoms with Crippen molar-refractivity contribution in [3.05, 3.63) is 95.6 Å². The molecule has 0 spiro atoms. The van der Waals surface area contributed by atoms with Crippen molar-refractivity contribution in [3.8, 4) is 0 Å². The monoisotopic (exact) mass is 554 g/mol. The first-order valence-corrected chi connectivity index (χ1v) is 13.0. The van der Waals surface area contributed by atoms with Crippen molar-refractivity contribution in [2.75, 3.05) is 0 Å². The third-order valence-corrected chi connectivity index (χ3v) is 7.84. The Bertz CT molecular complexity index is 1300. The Kier molecular flexibility index (Phi) is 6.40. The standard InChI is InChI=1S/C22H16F6O6S2/c23-21(24,25)35(29,30)33-17-11-9-13-5-1-3-7-15(13)19(17)20-16-8-4-2-6-14(16)10-12-18(20)34-36(31,32)22(26,27)28/h1-12,15-16,19-20H/t15-,16+,19-,20+. The summed E-state index contributed by atoms with van der Waals surface area (Å²) in [5.41, 5.74) is -10.6. The molecule has 0 bridgehead atoms. The van der Waals surface area contributed by atoms with Gasteiger partial charge in [0.25, 0.3) is 0 Å². The second kappa shape index (κ2) is 8.83. The van der Waals surface area contributed by atoms with Gasteiger partial charge in [0, 0.05) is 23.7 Å². The maximum absolute atomic E-state index is 13.1. The fraction of sp³-hybridized carbons (Fsp3) is 0.273. The van der Waals surface area contributed by atoms with Crippen LogP contribution in [0.1, 0.15) is 0 Å². The van der Waals surface area contributed by atoms with Gasteiger partial charge in [0.1, 0.15) is 11.5 Å². The molecule has 0 N–H and O–H groups in total. The van der Waals surface area contributed by atoms with Gasteiger partial charge >= 0.3 is 31.3 Å². The lowest BCUT2D eigenvalue weighted by Gasteiger charge is -2.42. The number of alkyl halides is 6. The molecule has 0 unspecified atom stereocenters. The first-order chi connectivity index (χ1) is 16.6. The van der Waals surface area contributed by atoms with Gasteiger partial charge in [-0.25, -0.2) is 0 Å². The van der Waals surface area contributed by atoms with E-state index in [2.05, 4.69) is 8.37 Å². The van der Waals surface area contributed by atoms with Crippen molar-refractivity contribution >= 4 is 20.2 Å². The third-order valence-electron chi connectivity index (χ3n) is 5.88. The zero-order valence-electron chi connectivity index (χ0n) is 17.8. The van der Waals surface area contributed by atoms with E-state index in [-0.39, 0.29) is 0 Å². The maximum Gasteiger partial charge on any atom is 0.534 e. The van der Waals surface area contributed by atoms with Crippen molar-refractivity contribution < 1.29 is 51.5 Å². The Balaban J connectivity index is 1.86. The summed E-state index contributed by atoms with van der Waals surface area (Å²) >= 11 is 0. The predicted molar refractivity (Wildman–Crippen MR) is 115 cm³/mol. The highest BCUT2D eigenvalue weighted by atomic mass is 32.2. The van der Waals surface area contributed by atoms with Crippen LogP contribution >= 0.6 is 0 Å². The van der Waals surface area contributed by atoms with Crippen molar-refractivity contribution in [2.45, 2.75) is 11.0 Å². The van der Waals surface area contributed by atoms with Crippen LogP contribution in [0.3, 0.4) is 0 Å². The van der Waals surface area contributed by atoms with E-state index in [1.54, 1.807) is 24.3 Å². The van der Waals surface area contributed by atoms with Gasteiger partial charge in [-0.3, -0.25) is 0 Å². The van der Waals surface area contributed by atoms with E-state index in [0.29, 0.717) is 11.1 Å². The fourth-order valence-electron chi connectivity index (χ4n) is 4.38. The van der Waals surface area contributed by atoms with Crippen molar-refractivity contribution in [3.63, 3.8) is 0 Å². The summed E-state index contributed by atoms with van der Waals surface area (Å²) in [7, 11) is -12.3. The molecule has 4 rings (SSSR count). The lowest BCUT2D eigenvalue weighted by atomic mass is 9.64. The number of hydrogen-bond donors (Lipinski definition) is 0. The molecule has 0 amide bonds. The Morgan fingerprint density at radius 2 is 0.944 bits per heavy atom. The molecule has 4 aliphatic rings. The van der Waals surface area contributed by atoms with Gasteiger partial charge in [-0.05, 0) is 23.3 Å². The molecule has 14 heteroatoms. The first kappa shape index (κ1) is 26.1. The second-order valence-electron chi connectivity index (χ2n) is 8.03. The number of halogens is 6. The summed E-state index contributed by atoms with van der Waals surface area (Å²) in [6, 6.07) is 0. The molecule has 36 heavy (non-hydrogen) atoms. The van der Waals surface area contributed by atoms with E-state index >= 15 is 0 Å². The van der Waals surface area contributed by atoms with Crippen molar-refractivity contribution in [1.29, 1.82) is 0 Å². The summed E-state index contributed by atoms with van der Waals surface area (Å²) in [6.45, 7) is 0. The number of fused-ring (bicyclic) bond motifs is 2. The zero-order chi connectivity index (χ0) is 26.5. The van der Waals surface area contributed by atoms with E-state index in [4.69, 9.17) is 0 Å². The molecule has 0 saturated carbocycles. The van der Waals surface area contributed by atoms with E-state index in [0.717, 1.165) is 12.2 Å². The molecule has 0 aromatic carbocycles. The highest BCUT2D eigenvalue weighted by Gasteiger charge is 2.54. The predicted octanol–water partition coefficient (Wildman–Crippen LogP) is 5.08. The van der Waals surface area contributed by atoms with Gasteiger partial charge in [-0.15, -0.1) is 0 Å². The van der Waals surface area contributed by atoms with Crippen LogP contribution in [-0.4, -0.2) is 27.9 Å². The molecule has 0 radical (unpaired) electrons. The molecule has 0 aromatic heterocycles. The van der Waals surface area contributed by atoms with Gasteiger partial charge in [-0.2, -0.15) is 43.2 Å². The summed E-state index contributed by atoms with van der Waals surface area (Å²) in [6.07, 6.45) is 17.0. The smallest absolute Gasteiger partial charge is 0.380 e. The molecule has 0 fully saturated rings. The summed E-state index contributed by atoms with van der Waals surface area (Å²) in [5.74, 6) is -5.97. The average Bonchev–Trinajstić information content (AvgIpc) is 2.77. The lowest BCUT2D eigenvalue weighted by Crippen LogP contribution is -2.39. The van der Waals surface area contributed by atoms with Crippen LogP contribution in [0.15, 0.2) is 95.6 Å². The molecule has 0 heterocycles. The minimum Gasteiger partial charge on any atom is -0.380 e. The molecule has 6 nitrogen and oxygen atoms in total. The van der Waals surface area contributed by atoms with Crippen LogP contribution in [0.5, 0.6) is 0 Å². The molecule has 0 saturated heterocycles. The van der Waals surface area contributed by atoms with Gasteiger partial charge in [0.15, 0.2) is 0 Å². The maximum atomic E-state index is 13.1. The van der Waals surface area contributed by atoms with Crippen LogP contribution in [0.4, 0.5) is 26.3 Å². The quantitative estimate of drug-likeness (QED) is 0.268. The largest absolute Gasteiger partial charge is 0.534 e. The number of rotatable bonds is 5. The first-order valence-electron chi connectivity index (χ1n) is 10.2. The Labute approximate surface area is 202 Å². The molecule has 0 aliphatic heterocycles. The molecule has 0 aromatic rings. The second-order valence-corrected chi connectivity index (χ2v) is 11.1. The molecule has 194 valence electrons. The summed E-state index contributed by atoms with van der Waals surface area (Å²) < 4.78 is 135.